The first kappa shape index (κ1) is 24.3. The van der Waals surface area contributed by atoms with Gasteiger partial charge in [-0.05, 0) is 50.6 Å². The van der Waals surface area contributed by atoms with E-state index < -0.39 is 6.04 Å². The van der Waals surface area contributed by atoms with E-state index in [1.165, 1.54) is 0 Å². The highest BCUT2D eigenvalue weighted by Crippen LogP contribution is 2.41. The van der Waals surface area contributed by atoms with Gasteiger partial charge in [-0.1, -0.05) is 59.2 Å². The van der Waals surface area contributed by atoms with E-state index in [4.69, 9.17) is 14.8 Å². The number of para-hydroxylation sites is 1. The number of unbranched alkanes of at least 4 members (excludes halogenated alkanes) is 1. The number of carbonyl (C=O) groups is 1. The third-order valence-electron chi connectivity index (χ3n) is 5.40. The Bertz CT molecular complexity index is 1200. The molecule has 4 rings (SSSR count). The number of hydrogen-bond acceptors (Lipinski definition) is 6. The topological polar surface area (TPSA) is 81.1 Å². The Morgan fingerprint density at radius 1 is 1.24 bits per heavy atom. The minimum atomic E-state index is -0.507. The van der Waals surface area contributed by atoms with E-state index in [9.17, 15) is 4.79 Å². The molecule has 1 aromatic heterocycles. The summed E-state index contributed by atoms with van der Waals surface area (Å²) in [6.07, 6.45) is 2.20. The van der Waals surface area contributed by atoms with Crippen molar-refractivity contribution in [3.8, 4) is 5.75 Å². The summed E-state index contributed by atoms with van der Waals surface area (Å²) in [4.78, 5) is 18.3. The zero-order valence-corrected chi connectivity index (χ0v) is 21.9. The molecule has 0 radical (unpaired) electrons. The Kier molecular flexibility index (Phi) is 7.95. The van der Waals surface area contributed by atoms with E-state index in [0.29, 0.717) is 29.0 Å². The molecule has 34 heavy (non-hydrogen) atoms. The van der Waals surface area contributed by atoms with Crippen molar-refractivity contribution in [3.05, 3.63) is 69.8 Å². The quantitative estimate of drug-likeness (QED) is 0.246. The molecule has 7 nitrogen and oxygen atoms in total. The molecule has 0 bridgehead atoms. The van der Waals surface area contributed by atoms with Gasteiger partial charge in [-0.2, -0.15) is 4.98 Å². The van der Waals surface area contributed by atoms with Crippen LogP contribution in [0.2, 0.25) is 0 Å². The Morgan fingerprint density at radius 3 is 2.76 bits per heavy atom. The maximum absolute atomic E-state index is 13.6. The van der Waals surface area contributed by atoms with E-state index >= 15 is 0 Å². The summed E-state index contributed by atoms with van der Waals surface area (Å²) in [5.41, 5.74) is 2.86. The van der Waals surface area contributed by atoms with Crippen LogP contribution in [-0.2, 0) is 4.79 Å². The van der Waals surface area contributed by atoms with E-state index in [1.807, 2.05) is 62.4 Å². The number of halogens is 1. The molecule has 0 fully saturated rings. The Labute approximate surface area is 212 Å². The zero-order valence-electron chi connectivity index (χ0n) is 19.5. The number of rotatable bonds is 9. The monoisotopic (exact) mass is 541 g/mol. The second-order valence-electron chi connectivity index (χ2n) is 7.87. The van der Waals surface area contributed by atoms with Crippen LogP contribution in [0.15, 0.2) is 69.4 Å². The fourth-order valence-corrected chi connectivity index (χ4v) is 5.11. The van der Waals surface area contributed by atoms with Crippen molar-refractivity contribution in [3.63, 3.8) is 0 Å². The van der Waals surface area contributed by atoms with Crippen LogP contribution in [0.4, 0.5) is 11.6 Å². The molecule has 1 atom stereocenters. The first-order chi connectivity index (χ1) is 16.5. The van der Waals surface area contributed by atoms with Gasteiger partial charge in [0.1, 0.15) is 11.8 Å². The SMILES string of the molecule is CCCCSc1nc2n(n1)C(c1cc(Br)ccc1OCC)C(C(=O)Nc1ccccc1)=C(C)N2. The van der Waals surface area contributed by atoms with Crippen LogP contribution in [-0.4, -0.2) is 33.0 Å². The lowest BCUT2D eigenvalue weighted by molar-refractivity contribution is -0.113. The van der Waals surface area contributed by atoms with E-state index in [1.54, 1.807) is 16.4 Å². The van der Waals surface area contributed by atoms with E-state index in [0.717, 1.165) is 40.0 Å². The summed E-state index contributed by atoms with van der Waals surface area (Å²) in [7, 11) is 0. The molecule has 1 amide bonds. The van der Waals surface area contributed by atoms with Crippen LogP contribution in [0.25, 0.3) is 0 Å². The van der Waals surface area contributed by atoms with Gasteiger partial charge in [-0.15, -0.1) is 5.10 Å². The molecule has 1 aliphatic rings. The van der Waals surface area contributed by atoms with Crippen LogP contribution >= 0.6 is 27.7 Å². The second-order valence-corrected chi connectivity index (χ2v) is 9.84. The number of thioether (sulfide) groups is 1. The highest BCUT2D eigenvalue weighted by atomic mass is 79.9. The maximum atomic E-state index is 13.6. The number of nitrogens with one attached hydrogen (secondary N) is 2. The molecule has 1 unspecified atom stereocenters. The van der Waals surface area contributed by atoms with Crippen molar-refractivity contribution in [1.29, 1.82) is 0 Å². The standard InChI is InChI=1S/C25H28BrN5O2S/c1-4-6-14-34-25-29-24-27-16(3)21(23(32)28-18-10-8-7-9-11-18)22(31(24)30-25)19-15-17(26)12-13-20(19)33-5-2/h7-13,15,22H,4-6,14H2,1-3H3,(H,28,32)(H,27,29,30). The van der Waals surface area contributed by atoms with Crippen molar-refractivity contribution >= 4 is 45.2 Å². The molecule has 0 spiro atoms. The van der Waals surface area contributed by atoms with Crippen LogP contribution < -0.4 is 15.4 Å². The van der Waals surface area contributed by atoms with Crippen molar-refractivity contribution in [2.75, 3.05) is 23.0 Å². The third-order valence-corrected chi connectivity index (χ3v) is 6.82. The van der Waals surface area contributed by atoms with Gasteiger partial charge >= 0.3 is 0 Å². The molecule has 178 valence electrons. The predicted octanol–water partition coefficient (Wildman–Crippen LogP) is 6.26. The average Bonchev–Trinajstić information content (AvgIpc) is 3.22. The van der Waals surface area contributed by atoms with Gasteiger partial charge in [0.2, 0.25) is 11.1 Å². The minimum absolute atomic E-state index is 0.204. The van der Waals surface area contributed by atoms with Gasteiger partial charge in [-0.3, -0.25) is 4.79 Å². The van der Waals surface area contributed by atoms with Crippen LogP contribution in [0.3, 0.4) is 0 Å². The number of aromatic nitrogens is 3. The number of hydrogen-bond donors (Lipinski definition) is 2. The minimum Gasteiger partial charge on any atom is -0.494 e. The summed E-state index contributed by atoms with van der Waals surface area (Å²) < 4.78 is 8.66. The summed E-state index contributed by atoms with van der Waals surface area (Å²) >= 11 is 5.21. The number of amides is 1. The van der Waals surface area contributed by atoms with Gasteiger partial charge in [0, 0.05) is 27.2 Å². The maximum Gasteiger partial charge on any atom is 0.255 e. The molecule has 0 saturated heterocycles. The van der Waals surface area contributed by atoms with E-state index in [-0.39, 0.29) is 5.91 Å². The molecule has 0 saturated carbocycles. The van der Waals surface area contributed by atoms with Crippen molar-refractivity contribution in [1.82, 2.24) is 14.8 Å². The van der Waals surface area contributed by atoms with Crippen molar-refractivity contribution < 1.29 is 9.53 Å². The zero-order chi connectivity index (χ0) is 24.1. The first-order valence-electron chi connectivity index (χ1n) is 11.4. The number of fused-ring (bicyclic) bond motifs is 1. The molecule has 1 aliphatic heterocycles. The van der Waals surface area contributed by atoms with Crippen LogP contribution in [0.1, 0.15) is 45.2 Å². The van der Waals surface area contributed by atoms with E-state index in [2.05, 4.69) is 33.5 Å². The smallest absolute Gasteiger partial charge is 0.255 e. The fraction of sp³-hybridized carbons (Fsp3) is 0.320. The number of ether oxygens (including phenoxy) is 1. The normalized spacial score (nSPS) is 15.0. The van der Waals surface area contributed by atoms with Crippen LogP contribution in [0.5, 0.6) is 5.75 Å². The van der Waals surface area contributed by atoms with Gasteiger partial charge in [-0.25, -0.2) is 4.68 Å². The summed E-state index contributed by atoms with van der Waals surface area (Å²) in [5.74, 6) is 2.06. The number of benzene rings is 2. The molecular weight excluding hydrogens is 514 g/mol. The van der Waals surface area contributed by atoms with Gasteiger partial charge in [0.05, 0.1) is 12.2 Å². The third kappa shape index (κ3) is 5.31. The summed E-state index contributed by atoms with van der Waals surface area (Å²) in [5, 5.41) is 11.8. The molecule has 2 aromatic carbocycles. The first-order valence-corrected chi connectivity index (χ1v) is 13.2. The molecule has 2 N–H and O–H groups in total. The molecule has 2 heterocycles. The number of nitrogens with zero attached hydrogens (tertiary/aromatic N) is 3. The van der Waals surface area contributed by atoms with Gasteiger partial charge in [0.15, 0.2) is 0 Å². The lowest BCUT2D eigenvalue weighted by Crippen LogP contribution is -2.31. The Hall–Kier alpha value is -2.78. The lowest BCUT2D eigenvalue weighted by atomic mass is 9.94. The molecule has 3 aromatic rings. The van der Waals surface area contributed by atoms with Crippen molar-refractivity contribution in [2.45, 2.75) is 44.8 Å². The van der Waals surface area contributed by atoms with Crippen LogP contribution in [0, 0.1) is 0 Å². The highest BCUT2D eigenvalue weighted by molar-refractivity contribution is 9.10. The highest BCUT2D eigenvalue weighted by Gasteiger charge is 2.36. The molecular formula is C25H28BrN5O2S. The number of anilines is 2. The van der Waals surface area contributed by atoms with Gasteiger partial charge in [0.25, 0.3) is 5.91 Å². The number of allylic oxidation sites excluding steroid dienone is 1. The Morgan fingerprint density at radius 2 is 2.03 bits per heavy atom. The molecule has 0 aliphatic carbocycles. The molecule has 9 heteroatoms. The average molecular weight is 543 g/mol. The lowest BCUT2D eigenvalue weighted by Gasteiger charge is -2.29. The summed E-state index contributed by atoms with van der Waals surface area (Å²) in [6.45, 7) is 6.52. The predicted molar refractivity (Wildman–Crippen MR) is 140 cm³/mol. The fourth-order valence-electron chi connectivity index (χ4n) is 3.82. The summed E-state index contributed by atoms with van der Waals surface area (Å²) in [6, 6.07) is 14.8. The second kappa shape index (κ2) is 11.1. The van der Waals surface area contributed by atoms with Gasteiger partial charge < -0.3 is 15.4 Å². The largest absolute Gasteiger partial charge is 0.494 e. The van der Waals surface area contributed by atoms with Crippen molar-refractivity contribution in [2.24, 2.45) is 0 Å². The number of carbonyl (C=O) groups excluding carboxylic acids is 1. The Balaban J connectivity index is 1.80.